The molecule has 0 unspecified atom stereocenters. The monoisotopic (exact) mass is 395 g/mol. The Morgan fingerprint density at radius 2 is 2.15 bits per heavy atom. The Morgan fingerprint density at radius 1 is 1.44 bits per heavy atom. The van der Waals surface area contributed by atoms with E-state index in [9.17, 15) is 9.90 Å². The van der Waals surface area contributed by atoms with Crippen molar-refractivity contribution in [1.82, 2.24) is 19.1 Å². The maximum absolute atomic E-state index is 12.5. The van der Waals surface area contributed by atoms with E-state index >= 15 is 0 Å². The minimum absolute atomic E-state index is 0.0378. The summed E-state index contributed by atoms with van der Waals surface area (Å²) in [5, 5.41) is 9.70. The molecule has 2 aromatic heterocycles. The number of ether oxygens (including phenoxy) is 3. The molecule has 2 aromatic rings. The van der Waals surface area contributed by atoms with Gasteiger partial charge in [-0.25, -0.2) is 0 Å². The van der Waals surface area contributed by atoms with Crippen molar-refractivity contribution in [3.63, 3.8) is 0 Å². The molecule has 2 aliphatic heterocycles. The van der Waals surface area contributed by atoms with E-state index in [4.69, 9.17) is 32.2 Å². The third kappa shape index (κ3) is 2.74. The lowest BCUT2D eigenvalue weighted by Crippen LogP contribution is -2.31. The van der Waals surface area contributed by atoms with Gasteiger partial charge in [0.2, 0.25) is 5.95 Å². The molecule has 2 saturated heterocycles. The molecule has 2 aliphatic rings. The lowest BCUT2D eigenvalue weighted by molar-refractivity contribution is -0.199. The maximum atomic E-state index is 12.5. The molecular formula is C16H21N5O5S. The second-order valence-electron chi connectivity index (χ2n) is 6.99. The highest BCUT2D eigenvalue weighted by Crippen LogP contribution is 2.43. The summed E-state index contributed by atoms with van der Waals surface area (Å²) >= 11 is 5.60. The SMILES string of the molecule is C=CCn1c(=S)n([C@@H]2O[C@H](CO)[C@H]3OC(C)(C)O[C@H]32)c2nc(N)[nH]c(=O)c21. The van der Waals surface area contributed by atoms with Gasteiger partial charge in [-0.3, -0.25) is 14.3 Å². The molecule has 0 aliphatic carbocycles. The third-order valence-electron chi connectivity index (χ3n) is 4.70. The van der Waals surface area contributed by atoms with E-state index in [0.29, 0.717) is 11.3 Å². The normalized spacial score (nSPS) is 29.3. The summed E-state index contributed by atoms with van der Waals surface area (Å²) in [4.78, 5) is 19.3. The molecule has 0 bridgehead atoms. The summed E-state index contributed by atoms with van der Waals surface area (Å²) in [6, 6.07) is 0. The Bertz CT molecular complexity index is 1020. The highest BCUT2D eigenvalue weighted by atomic mass is 32.1. The van der Waals surface area contributed by atoms with Crippen LogP contribution in [0.3, 0.4) is 0 Å². The number of rotatable bonds is 4. The number of nitrogen functional groups attached to an aromatic ring is 1. The van der Waals surface area contributed by atoms with Gasteiger partial charge in [0.1, 0.15) is 18.3 Å². The van der Waals surface area contributed by atoms with Crippen LogP contribution in [0.1, 0.15) is 20.1 Å². The van der Waals surface area contributed by atoms with Crippen LogP contribution in [0.5, 0.6) is 0 Å². The predicted octanol–water partition coefficient (Wildman–Crippen LogP) is 0.434. The smallest absolute Gasteiger partial charge is 0.278 e. The van der Waals surface area contributed by atoms with Crippen molar-refractivity contribution in [2.24, 2.45) is 0 Å². The van der Waals surface area contributed by atoms with Crippen molar-refractivity contribution >= 4 is 29.3 Å². The van der Waals surface area contributed by atoms with Gasteiger partial charge in [-0.05, 0) is 26.1 Å². The minimum Gasteiger partial charge on any atom is -0.394 e. The Morgan fingerprint density at radius 3 is 2.81 bits per heavy atom. The number of imidazole rings is 1. The highest BCUT2D eigenvalue weighted by molar-refractivity contribution is 7.71. The zero-order valence-electron chi connectivity index (χ0n) is 14.9. The van der Waals surface area contributed by atoms with Crippen LogP contribution in [0, 0.1) is 4.77 Å². The predicted molar refractivity (Wildman–Crippen MR) is 98.6 cm³/mol. The number of H-pyrrole nitrogens is 1. The van der Waals surface area contributed by atoms with Crippen LogP contribution in [0.2, 0.25) is 0 Å². The topological polar surface area (TPSA) is 130 Å². The number of hydrogen-bond donors (Lipinski definition) is 3. The summed E-state index contributed by atoms with van der Waals surface area (Å²) in [6.07, 6.45) is -0.713. The fourth-order valence-corrected chi connectivity index (χ4v) is 4.10. The van der Waals surface area contributed by atoms with Crippen LogP contribution in [0.25, 0.3) is 11.2 Å². The molecule has 4 rings (SSSR count). The lowest BCUT2D eigenvalue weighted by Gasteiger charge is -2.24. The first kappa shape index (κ1) is 18.3. The molecule has 4 atom stereocenters. The number of fused-ring (bicyclic) bond motifs is 2. The van der Waals surface area contributed by atoms with E-state index in [-0.39, 0.29) is 23.7 Å². The van der Waals surface area contributed by atoms with Gasteiger partial charge in [-0.15, -0.1) is 6.58 Å². The molecule has 10 nitrogen and oxygen atoms in total. The molecule has 4 N–H and O–H groups in total. The van der Waals surface area contributed by atoms with Gasteiger partial charge in [-0.1, -0.05) is 6.08 Å². The van der Waals surface area contributed by atoms with Gasteiger partial charge < -0.3 is 29.6 Å². The Hall–Kier alpha value is -2.05. The van der Waals surface area contributed by atoms with Crippen molar-refractivity contribution in [2.75, 3.05) is 12.3 Å². The van der Waals surface area contributed by atoms with Gasteiger partial charge in [-0.2, -0.15) is 4.98 Å². The Kier molecular flexibility index (Phi) is 4.24. The summed E-state index contributed by atoms with van der Waals surface area (Å²) in [7, 11) is 0. The number of aliphatic hydroxyl groups excluding tert-OH is 1. The fraction of sp³-hybridized carbons (Fsp3) is 0.562. The van der Waals surface area contributed by atoms with Crippen molar-refractivity contribution in [1.29, 1.82) is 0 Å². The zero-order valence-corrected chi connectivity index (χ0v) is 15.7. The molecule has 0 saturated carbocycles. The van der Waals surface area contributed by atoms with Crippen molar-refractivity contribution < 1.29 is 19.3 Å². The molecule has 0 spiro atoms. The number of nitrogens with one attached hydrogen (secondary N) is 1. The van der Waals surface area contributed by atoms with E-state index in [1.807, 2.05) is 0 Å². The van der Waals surface area contributed by atoms with Crippen LogP contribution in [-0.4, -0.2) is 54.9 Å². The maximum Gasteiger partial charge on any atom is 0.278 e. The number of nitrogens with two attached hydrogens (primary N) is 1. The number of hydrogen-bond acceptors (Lipinski definition) is 8. The van der Waals surface area contributed by atoms with Gasteiger partial charge in [0, 0.05) is 6.54 Å². The lowest BCUT2D eigenvalue weighted by atomic mass is 10.1. The average molecular weight is 395 g/mol. The standard InChI is InChI=1S/C16H21N5O5S/c1-4-5-20-8-11(18-14(17)19-12(8)23)21(15(20)27)13-10-9(7(6-22)24-13)25-16(2,3)26-10/h4,7,9-10,13,22H,1,5-6H2,2-3H3,(H3,17,18,19,23)/t7-,9-,10-,13-/m1/s1. The van der Waals surface area contributed by atoms with Gasteiger partial charge in [0.25, 0.3) is 5.56 Å². The number of aromatic amines is 1. The number of nitrogens with zero attached hydrogens (tertiary/aromatic N) is 3. The largest absolute Gasteiger partial charge is 0.394 e. The van der Waals surface area contributed by atoms with E-state index in [1.165, 1.54) is 0 Å². The van der Waals surface area contributed by atoms with E-state index < -0.39 is 35.9 Å². The minimum atomic E-state index is -0.837. The van der Waals surface area contributed by atoms with E-state index in [1.54, 1.807) is 29.1 Å². The molecule has 0 radical (unpaired) electrons. The quantitative estimate of drug-likeness (QED) is 0.502. The van der Waals surface area contributed by atoms with E-state index in [2.05, 4.69) is 16.5 Å². The third-order valence-corrected chi connectivity index (χ3v) is 5.12. The first-order valence-electron chi connectivity index (χ1n) is 8.51. The second kappa shape index (κ2) is 6.24. The summed E-state index contributed by atoms with van der Waals surface area (Å²) in [5.74, 6) is -0.875. The molecule has 0 amide bonds. The van der Waals surface area contributed by atoms with Crippen LogP contribution < -0.4 is 11.3 Å². The molecular weight excluding hydrogens is 374 g/mol. The van der Waals surface area contributed by atoms with Gasteiger partial charge >= 0.3 is 0 Å². The fourth-order valence-electron chi connectivity index (χ4n) is 3.74. The van der Waals surface area contributed by atoms with Crippen molar-refractivity contribution in [2.45, 2.75) is 50.7 Å². The first-order chi connectivity index (χ1) is 12.8. The molecule has 4 heterocycles. The van der Waals surface area contributed by atoms with E-state index in [0.717, 1.165) is 0 Å². The summed E-state index contributed by atoms with van der Waals surface area (Å²) in [6.45, 7) is 7.36. The van der Waals surface area contributed by atoms with Gasteiger partial charge in [0.15, 0.2) is 27.9 Å². The van der Waals surface area contributed by atoms with Crippen molar-refractivity contribution in [3.05, 3.63) is 27.8 Å². The highest BCUT2D eigenvalue weighted by Gasteiger charge is 2.56. The van der Waals surface area contributed by atoms with Gasteiger partial charge in [0.05, 0.1) is 6.61 Å². The Labute approximate surface area is 159 Å². The van der Waals surface area contributed by atoms with Crippen LogP contribution in [-0.2, 0) is 20.8 Å². The molecule has 27 heavy (non-hydrogen) atoms. The average Bonchev–Trinajstić information content (AvgIpc) is 3.15. The number of aromatic nitrogens is 4. The number of allylic oxidation sites excluding steroid dienone is 1. The summed E-state index contributed by atoms with van der Waals surface area (Å²) in [5.41, 5.74) is 5.87. The molecule has 146 valence electrons. The number of anilines is 1. The molecule has 11 heteroatoms. The second-order valence-corrected chi connectivity index (χ2v) is 7.35. The van der Waals surface area contributed by atoms with Crippen LogP contribution >= 0.6 is 12.2 Å². The van der Waals surface area contributed by atoms with Crippen molar-refractivity contribution in [3.8, 4) is 0 Å². The molecule has 0 aromatic carbocycles. The zero-order chi connectivity index (χ0) is 19.5. The first-order valence-corrected chi connectivity index (χ1v) is 8.91. The molecule has 2 fully saturated rings. The Balaban J connectivity index is 1.94. The van der Waals surface area contributed by atoms with Crippen LogP contribution in [0.15, 0.2) is 17.4 Å². The van der Waals surface area contributed by atoms with Crippen LogP contribution in [0.4, 0.5) is 5.95 Å². The number of aliphatic hydroxyl groups is 1. The summed E-state index contributed by atoms with van der Waals surface area (Å²) < 4.78 is 21.4.